The molecule has 0 radical (unpaired) electrons. The van der Waals surface area contributed by atoms with E-state index in [-0.39, 0.29) is 11.9 Å². The van der Waals surface area contributed by atoms with Gasteiger partial charge in [-0.15, -0.1) is 0 Å². The number of rotatable bonds is 6. The van der Waals surface area contributed by atoms with Crippen molar-refractivity contribution in [1.29, 1.82) is 0 Å². The van der Waals surface area contributed by atoms with Gasteiger partial charge in [-0.2, -0.15) is 0 Å². The number of carbonyl (C=O) groups is 1. The molecule has 0 aliphatic carbocycles. The van der Waals surface area contributed by atoms with E-state index in [1.54, 1.807) is 0 Å². The van der Waals surface area contributed by atoms with Crippen molar-refractivity contribution < 1.29 is 14.1 Å². The summed E-state index contributed by atoms with van der Waals surface area (Å²) in [5.74, 6) is 1.81. The molecule has 22 heavy (non-hydrogen) atoms. The molecule has 0 saturated carbocycles. The summed E-state index contributed by atoms with van der Waals surface area (Å²) in [5.41, 5.74) is 1.04. The monoisotopic (exact) mass is 321 g/mol. The molecule has 2 rings (SSSR count). The van der Waals surface area contributed by atoms with Crippen LogP contribution in [0.1, 0.15) is 30.0 Å². The van der Waals surface area contributed by atoms with Gasteiger partial charge in [0.15, 0.2) is 12.3 Å². The van der Waals surface area contributed by atoms with E-state index >= 15 is 0 Å². The predicted molar refractivity (Wildman–Crippen MR) is 86.9 cm³/mol. The second kappa shape index (κ2) is 7.47. The van der Waals surface area contributed by atoms with Crippen LogP contribution in [-0.2, 0) is 11.3 Å². The van der Waals surface area contributed by atoms with Crippen molar-refractivity contribution in [2.24, 2.45) is 0 Å². The van der Waals surface area contributed by atoms with Crippen molar-refractivity contribution >= 4 is 17.5 Å². The van der Waals surface area contributed by atoms with Gasteiger partial charge in [0.25, 0.3) is 5.91 Å². The maximum absolute atomic E-state index is 12.1. The first-order valence-corrected chi connectivity index (χ1v) is 7.73. The average Bonchev–Trinajstić information content (AvgIpc) is 2.84. The lowest BCUT2D eigenvalue weighted by Crippen LogP contribution is -3.08. The average molecular weight is 322 g/mol. The molecule has 1 amide bonds. The third kappa shape index (κ3) is 4.90. The summed E-state index contributed by atoms with van der Waals surface area (Å²) >= 11 is 5.87. The zero-order valence-corrected chi connectivity index (χ0v) is 13.9. The quantitative estimate of drug-likeness (QED) is 0.856. The molecular formula is C17H22ClN2O2+. The van der Waals surface area contributed by atoms with Gasteiger partial charge in [0.2, 0.25) is 0 Å². The fourth-order valence-electron chi connectivity index (χ4n) is 2.34. The van der Waals surface area contributed by atoms with Crippen molar-refractivity contribution in [3.63, 3.8) is 0 Å². The van der Waals surface area contributed by atoms with Crippen LogP contribution in [0.25, 0.3) is 0 Å². The van der Waals surface area contributed by atoms with Crippen molar-refractivity contribution in [2.45, 2.75) is 26.4 Å². The molecule has 1 heterocycles. The summed E-state index contributed by atoms with van der Waals surface area (Å²) in [6, 6.07) is 11.4. The van der Waals surface area contributed by atoms with Gasteiger partial charge < -0.3 is 14.6 Å². The first-order chi connectivity index (χ1) is 10.4. The number of nitrogens with one attached hydrogen (secondary N) is 2. The van der Waals surface area contributed by atoms with Crippen LogP contribution in [0.2, 0.25) is 5.02 Å². The minimum absolute atomic E-state index is 0.0169. The Morgan fingerprint density at radius 2 is 1.95 bits per heavy atom. The Hall–Kier alpha value is -1.78. The lowest BCUT2D eigenvalue weighted by molar-refractivity contribution is -0.886. The second-order valence-electron chi connectivity index (χ2n) is 5.66. The molecule has 1 aromatic carbocycles. The van der Waals surface area contributed by atoms with Crippen LogP contribution < -0.4 is 10.2 Å². The van der Waals surface area contributed by atoms with E-state index in [0.29, 0.717) is 18.1 Å². The van der Waals surface area contributed by atoms with Gasteiger partial charge in [-0.1, -0.05) is 23.7 Å². The van der Waals surface area contributed by atoms with Crippen LogP contribution in [0.4, 0.5) is 0 Å². The Morgan fingerprint density at radius 3 is 2.55 bits per heavy atom. The van der Waals surface area contributed by atoms with E-state index in [1.165, 1.54) is 0 Å². The van der Waals surface area contributed by atoms with Gasteiger partial charge in [0.05, 0.1) is 13.1 Å². The second-order valence-corrected chi connectivity index (χ2v) is 6.10. The SMILES string of the molecule is Cc1ccc(C[NH+](C)CC(=O)N[C@H](C)c2ccc(Cl)cc2)o1. The minimum atomic E-state index is -0.0385. The number of benzene rings is 1. The number of carbonyl (C=O) groups excluding carboxylic acids is 1. The smallest absolute Gasteiger partial charge is 0.275 e. The molecule has 0 aliphatic heterocycles. The van der Waals surface area contributed by atoms with Gasteiger partial charge >= 0.3 is 0 Å². The third-order valence-electron chi connectivity index (χ3n) is 3.48. The highest BCUT2D eigenvalue weighted by atomic mass is 35.5. The van der Waals surface area contributed by atoms with Crippen molar-refractivity contribution in [1.82, 2.24) is 5.32 Å². The number of hydrogen-bond acceptors (Lipinski definition) is 2. The molecule has 0 spiro atoms. The molecule has 0 fully saturated rings. The lowest BCUT2D eigenvalue weighted by Gasteiger charge is -2.17. The van der Waals surface area contributed by atoms with Crippen LogP contribution in [-0.4, -0.2) is 19.5 Å². The van der Waals surface area contributed by atoms with Gasteiger partial charge in [-0.05, 0) is 43.7 Å². The van der Waals surface area contributed by atoms with Crippen LogP contribution in [0, 0.1) is 6.92 Å². The van der Waals surface area contributed by atoms with Crippen LogP contribution in [0.3, 0.4) is 0 Å². The normalized spacial score (nSPS) is 13.6. The predicted octanol–water partition coefficient (Wildman–Crippen LogP) is 2.13. The maximum atomic E-state index is 12.1. The van der Waals surface area contributed by atoms with E-state index in [1.807, 2.05) is 57.3 Å². The minimum Gasteiger partial charge on any atom is -0.460 e. The molecule has 118 valence electrons. The summed E-state index contributed by atoms with van der Waals surface area (Å²) in [6.45, 7) is 4.97. The third-order valence-corrected chi connectivity index (χ3v) is 3.73. The highest BCUT2D eigenvalue weighted by molar-refractivity contribution is 6.30. The first kappa shape index (κ1) is 16.6. The molecule has 4 nitrogen and oxygen atoms in total. The molecule has 2 N–H and O–H groups in total. The van der Waals surface area contributed by atoms with Gasteiger partial charge in [0, 0.05) is 5.02 Å². The molecular weight excluding hydrogens is 300 g/mol. The van der Waals surface area contributed by atoms with E-state index in [0.717, 1.165) is 22.0 Å². The molecule has 0 aliphatic rings. The molecule has 5 heteroatoms. The summed E-state index contributed by atoms with van der Waals surface area (Å²) in [7, 11) is 1.98. The highest BCUT2D eigenvalue weighted by Gasteiger charge is 2.15. The summed E-state index contributed by atoms with van der Waals surface area (Å²) < 4.78 is 5.53. The van der Waals surface area contributed by atoms with Gasteiger partial charge in [0.1, 0.15) is 12.3 Å². The largest absolute Gasteiger partial charge is 0.460 e. The number of halogens is 1. The number of amides is 1. The fourth-order valence-corrected chi connectivity index (χ4v) is 2.47. The molecule has 0 saturated heterocycles. The van der Waals surface area contributed by atoms with Gasteiger partial charge in [-0.25, -0.2) is 0 Å². The molecule has 2 atom stereocenters. The van der Waals surface area contributed by atoms with Crippen LogP contribution in [0.5, 0.6) is 0 Å². The van der Waals surface area contributed by atoms with Crippen LogP contribution in [0.15, 0.2) is 40.8 Å². The summed E-state index contributed by atoms with van der Waals surface area (Å²) in [6.07, 6.45) is 0. The molecule has 1 aromatic heterocycles. The number of hydrogen-bond donors (Lipinski definition) is 2. The van der Waals surface area contributed by atoms with E-state index in [4.69, 9.17) is 16.0 Å². The Balaban J connectivity index is 1.82. The van der Waals surface area contributed by atoms with Crippen molar-refractivity contribution in [3.05, 3.63) is 58.5 Å². The maximum Gasteiger partial charge on any atom is 0.275 e. The standard InChI is InChI=1S/C17H21ClN2O2/c1-12-4-9-16(22-12)10-20(3)11-17(21)19-13(2)14-5-7-15(18)8-6-14/h4-9,13H,10-11H2,1-3H3,(H,19,21)/p+1/t13-/m1/s1. The van der Waals surface area contributed by atoms with Crippen molar-refractivity contribution in [3.8, 4) is 0 Å². The lowest BCUT2D eigenvalue weighted by atomic mass is 10.1. The number of quaternary nitrogens is 1. The number of likely N-dealkylation sites (N-methyl/N-ethyl adjacent to an activating group) is 1. The Kier molecular flexibility index (Phi) is 5.63. The fraction of sp³-hybridized carbons (Fsp3) is 0.353. The number of furan rings is 1. The molecule has 0 bridgehead atoms. The Labute approximate surface area is 136 Å². The number of aryl methyl sites for hydroxylation is 1. The zero-order chi connectivity index (χ0) is 16.1. The summed E-state index contributed by atoms with van der Waals surface area (Å²) in [4.78, 5) is 13.2. The van der Waals surface area contributed by atoms with E-state index in [9.17, 15) is 4.79 Å². The topological polar surface area (TPSA) is 46.7 Å². The molecule has 1 unspecified atom stereocenters. The molecule has 2 aromatic rings. The highest BCUT2D eigenvalue weighted by Crippen LogP contribution is 2.15. The first-order valence-electron chi connectivity index (χ1n) is 7.35. The van der Waals surface area contributed by atoms with E-state index < -0.39 is 0 Å². The summed E-state index contributed by atoms with van der Waals surface area (Å²) in [5, 5.41) is 3.70. The van der Waals surface area contributed by atoms with Gasteiger partial charge in [-0.3, -0.25) is 4.79 Å². The zero-order valence-electron chi connectivity index (χ0n) is 13.2. The Morgan fingerprint density at radius 1 is 1.27 bits per heavy atom. The van der Waals surface area contributed by atoms with E-state index in [2.05, 4.69) is 5.32 Å². The van der Waals surface area contributed by atoms with Crippen molar-refractivity contribution in [2.75, 3.05) is 13.6 Å². The Bertz CT molecular complexity index is 622. The van der Waals surface area contributed by atoms with Crippen LogP contribution >= 0.6 is 11.6 Å².